The number of carbonyl (C=O) groups excluding carboxylic acids is 1. The van der Waals surface area contributed by atoms with Crippen molar-refractivity contribution in [1.29, 1.82) is 0 Å². The predicted molar refractivity (Wildman–Crippen MR) is 66.9 cm³/mol. The summed E-state index contributed by atoms with van der Waals surface area (Å²) in [5.74, 6) is 2.81. The van der Waals surface area contributed by atoms with Crippen LogP contribution in [-0.2, 0) is 9.53 Å². The van der Waals surface area contributed by atoms with Gasteiger partial charge in [-0.25, -0.2) is 0 Å². The first-order valence-corrected chi connectivity index (χ1v) is 7.49. The third-order valence-electron chi connectivity index (χ3n) is 5.49. The maximum absolute atomic E-state index is 11.6. The van der Waals surface area contributed by atoms with Crippen LogP contribution >= 0.6 is 11.6 Å². The number of carbonyl (C=O) groups is 1. The van der Waals surface area contributed by atoms with Crippen LogP contribution < -0.4 is 0 Å². The minimum atomic E-state index is -0.221. The fourth-order valence-corrected chi connectivity index (χ4v) is 5.09. The lowest BCUT2D eigenvalue weighted by Crippen LogP contribution is -2.59. The summed E-state index contributed by atoms with van der Waals surface area (Å²) in [6.07, 6.45) is 7.49. The summed E-state index contributed by atoms with van der Waals surface area (Å²) in [6.45, 7) is 2.17. The number of esters is 1. The standard InChI is InChI=1S/C14H21ClO2/c1-2-14(17-13(16)8-15)11-4-9-3-10(6-11)7-12(14)5-9/h9-12H,2-8H2,1H3. The van der Waals surface area contributed by atoms with E-state index in [2.05, 4.69) is 6.92 Å². The third-order valence-corrected chi connectivity index (χ3v) is 5.70. The third kappa shape index (κ3) is 1.71. The van der Waals surface area contributed by atoms with Gasteiger partial charge in [0.15, 0.2) is 0 Å². The van der Waals surface area contributed by atoms with E-state index in [9.17, 15) is 4.79 Å². The van der Waals surface area contributed by atoms with Crippen molar-refractivity contribution in [2.45, 2.75) is 51.0 Å². The lowest BCUT2D eigenvalue weighted by Gasteiger charge is -2.60. The van der Waals surface area contributed by atoms with Gasteiger partial charge in [-0.2, -0.15) is 0 Å². The summed E-state index contributed by atoms with van der Waals surface area (Å²) in [5.41, 5.74) is -0.167. The van der Waals surface area contributed by atoms with E-state index in [4.69, 9.17) is 16.3 Å². The highest BCUT2D eigenvalue weighted by Gasteiger charge is 2.58. The van der Waals surface area contributed by atoms with Crippen molar-refractivity contribution in [2.75, 3.05) is 5.88 Å². The Bertz CT molecular complexity index is 298. The molecule has 0 amide bonds. The number of rotatable bonds is 3. The fraction of sp³-hybridized carbons (Fsp3) is 0.929. The molecule has 0 aromatic heterocycles. The molecule has 0 N–H and O–H groups in total. The molecule has 0 atom stereocenters. The van der Waals surface area contributed by atoms with Crippen LogP contribution in [0.2, 0.25) is 0 Å². The van der Waals surface area contributed by atoms with Crippen LogP contribution in [0.1, 0.15) is 45.4 Å². The van der Waals surface area contributed by atoms with Gasteiger partial charge in [-0.15, -0.1) is 11.6 Å². The van der Waals surface area contributed by atoms with E-state index >= 15 is 0 Å². The average molecular weight is 257 g/mol. The molecule has 4 rings (SSSR count). The summed E-state index contributed by atoms with van der Waals surface area (Å²) in [5, 5.41) is 0. The van der Waals surface area contributed by atoms with Gasteiger partial charge in [-0.3, -0.25) is 4.79 Å². The molecule has 0 aromatic carbocycles. The molecule has 0 unspecified atom stereocenters. The van der Waals surface area contributed by atoms with Gasteiger partial charge in [-0.05, 0) is 62.2 Å². The van der Waals surface area contributed by atoms with Crippen LogP contribution in [0.15, 0.2) is 0 Å². The first-order chi connectivity index (χ1) is 8.18. The van der Waals surface area contributed by atoms with E-state index in [1.54, 1.807) is 0 Å². The van der Waals surface area contributed by atoms with Gasteiger partial charge in [0.2, 0.25) is 0 Å². The second kappa shape index (κ2) is 4.15. The smallest absolute Gasteiger partial charge is 0.321 e. The van der Waals surface area contributed by atoms with Crippen molar-refractivity contribution < 1.29 is 9.53 Å². The maximum atomic E-state index is 11.6. The SMILES string of the molecule is CCC1(OC(=O)CCl)C2CC3CC(C2)CC1C3. The summed E-state index contributed by atoms with van der Waals surface area (Å²) in [6, 6.07) is 0. The van der Waals surface area contributed by atoms with Crippen LogP contribution in [0.3, 0.4) is 0 Å². The van der Waals surface area contributed by atoms with Crippen molar-refractivity contribution in [3.8, 4) is 0 Å². The molecular weight excluding hydrogens is 236 g/mol. The Morgan fingerprint density at radius 3 is 2.12 bits per heavy atom. The normalized spacial score (nSPS) is 47.2. The second-order valence-corrected chi connectivity index (χ2v) is 6.49. The minimum Gasteiger partial charge on any atom is -0.458 e. The van der Waals surface area contributed by atoms with Crippen molar-refractivity contribution >= 4 is 17.6 Å². The molecule has 4 aliphatic carbocycles. The summed E-state index contributed by atoms with van der Waals surface area (Å²) in [4.78, 5) is 11.6. The molecule has 4 saturated carbocycles. The molecule has 0 aliphatic heterocycles. The van der Waals surface area contributed by atoms with Crippen LogP contribution in [0.5, 0.6) is 0 Å². The molecule has 96 valence electrons. The van der Waals surface area contributed by atoms with E-state index in [1.807, 2.05) is 0 Å². The van der Waals surface area contributed by atoms with Crippen molar-refractivity contribution in [3.63, 3.8) is 0 Å². The van der Waals surface area contributed by atoms with Crippen molar-refractivity contribution in [1.82, 2.24) is 0 Å². The lowest BCUT2D eigenvalue weighted by atomic mass is 9.49. The zero-order chi connectivity index (χ0) is 12.0. The molecule has 0 saturated heterocycles. The monoisotopic (exact) mass is 256 g/mol. The molecule has 0 spiro atoms. The van der Waals surface area contributed by atoms with Crippen LogP contribution in [0, 0.1) is 23.7 Å². The maximum Gasteiger partial charge on any atom is 0.321 e. The molecular formula is C14H21ClO2. The number of halogens is 1. The summed E-state index contributed by atoms with van der Waals surface area (Å²) >= 11 is 5.61. The highest BCUT2D eigenvalue weighted by atomic mass is 35.5. The summed E-state index contributed by atoms with van der Waals surface area (Å²) < 4.78 is 5.84. The molecule has 0 radical (unpaired) electrons. The van der Waals surface area contributed by atoms with Crippen LogP contribution in [0.25, 0.3) is 0 Å². The number of hydrogen-bond donors (Lipinski definition) is 0. The van der Waals surface area contributed by atoms with Gasteiger partial charge in [0, 0.05) is 0 Å². The molecule has 4 fully saturated rings. The highest BCUT2D eigenvalue weighted by molar-refractivity contribution is 6.26. The van der Waals surface area contributed by atoms with E-state index in [-0.39, 0.29) is 17.5 Å². The Labute approximate surface area is 108 Å². The molecule has 0 heterocycles. The van der Waals surface area contributed by atoms with Gasteiger partial charge in [-0.1, -0.05) is 6.92 Å². The second-order valence-electron chi connectivity index (χ2n) is 6.22. The Kier molecular flexibility index (Phi) is 2.89. The Hall–Kier alpha value is -0.240. The zero-order valence-corrected chi connectivity index (χ0v) is 11.2. The highest BCUT2D eigenvalue weighted by Crippen LogP contribution is 2.60. The van der Waals surface area contributed by atoms with Crippen LogP contribution in [-0.4, -0.2) is 17.5 Å². The molecule has 17 heavy (non-hydrogen) atoms. The van der Waals surface area contributed by atoms with Crippen molar-refractivity contribution in [2.24, 2.45) is 23.7 Å². The zero-order valence-electron chi connectivity index (χ0n) is 10.5. The fourth-order valence-electron chi connectivity index (χ4n) is 5.04. The molecule has 4 aliphatic rings. The van der Waals surface area contributed by atoms with Crippen LogP contribution in [0.4, 0.5) is 0 Å². The van der Waals surface area contributed by atoms with Gasteiger partial charge < -0.3 is 4.74 Å². The lowest BCUT2D eigenvalue weighted by molar-refractivity contribution is -0.208. The van der Waals surface area contributed by atoms with Crippen molar-refractivity contribution in [3.05, 3.63) is 0 Å². The molecule has 2 nitrogen and oxygen atoms in total. The topological polar surface area (TPSA) is 26.3 Å². The largest absolute Gasteiger partial charge is 0.458 e. The van der Waals surface area contributed by atoms with E-state index in [0.29, 0.717) is 11.8 Å². The average Bonchev–Trinajstić information content (AvgIpc) is 2.33. The van der Waals surface area contributed by atoms with Gasteiger partial charge in [0.25, 0.3) is 0 Å². The van der Waals surface area contributed by atoms with Gasteiger partial charge in [0.05, 0.1) is 0 Å². The van der Waals surface area contributed by atoms with Gasteiger partial charge >= 0.3 is 5.97 Å². The first-order valence-electron chi connectivity index (χ1n) is 6.95. The molecule has 3 heteroatoms. The Morgan fingerprint density at radius 1 is 1.18 bits per heavy atom. The molecule has 4 bridgehead atoms. The number of hydrogen-bond acceptors (Lipinski definition) is 2. The first kappa shape index (κ1) is 11.8. The van der Waals surface area contributed by atoms with E-state index in [0.717, 1.165) is 18.3 Å². The number of alkyl halides is 1. The quantitative estimate of drug-likeness (QED) is 0.572. The molecule has 0 aromatic rings. The number of ether oxygens (including phenoxy) is 1. The summed E-state index contributed by atoms with van der Waals surface area (Å²) in [7, 11) is 0. The van der Waals surface area contributed by atoms with Gasteiger partial charge in [0.1, 0.15) is 11.5 Å². The predicted octanol–water partition coefficient (Wildman–Crippen LogP) is 3.37. The Balaban J connectivity index is 1.86. The minimum absolute atomic E-state index is 0.00591. The van der Waals surface area contributed by atoms with E-state index < -0.39 is 0 Å². The Morgan fingerprint density at radius 2 is 1.71 bits per heavy atom. The van der Waals surface area contributed by atoms with E-state index in [1.165, 1.54) is 32.1 Å².